The molecule has 0 bridgehead atoms. The molecule has 3 heteroatoms. The highest BCUT2D eigenvalue weighted by Crippen LogP contribution is 2.80. The summed E-state index contributed by atoms with van der Waals surface area (Å²) >= 11 is 0. The number of rotatable bonds is 6. The molecule has 3 saturated carbocycles. The van der Waals surface area contributed by atoms with Gasteiger partial charge in [-0.2, -0.15) is 0 Å². The van der Waals surface area contributed by atoms with Crippen LogP contribution in [0.25, 0.3) is 0 Å². The number of carbonyl (C=O) groups excluding carboxylic acids is 1. The van der Waals surface area contributed by atoms with E-state index >= 15 is 0 Å². The van der Waals surface area contributed by atoms with E-state index in [2.05, 4.69) is 6.92 Å². The van der Waals surface area contributed by atoms with E-state index < -0.39 is 13.2 Å². The van der Waals surface area contributed by atoms with Crippen LogP contribution in [-0.4, -0.2) is 28.6 Å². The number of aliphatic carboxylic acids is 1. The molecule has 1 unspecified atom stereocenters. The summed E-state index contributed by atoms with van der Waals surface area (Å²) in [6, 6.07) is 0. The molecule has 3 aliphatic rings. The van der Waals surface area contributed by atoms with Gasteiger partial charge >= 0.3 is 0 Å². The van der Waals surface area contributed by atoms with Crippen LogP contribution in [0.3, 0.4) is 0 Å². The molecule has 2 nitrogen and oxygen atoms in total. The molecule has 0 spiro atoms. The standard InChI is InChI=1S/C22H39O2P/c1-2-21(22(23)24)25(18-12-6-3-7-13-18,19-14-8-4-9-15-19)20-16-10-5-11-17-20/h18-21H,2-17H2,1H3. The molecule has 0 aromatic heterocycles. The molecule has 3 rings (SSSR count). The summed E-state index contributed by atoms with van der Waals surface area (Å²) in [5.74, 6) is -0.683. The molecule has 144 valence electrons. The summed E-state index contributed by atoms with van der Waals surface area (Å²) in [7, 11) is -1.55. The number of carboxylic acids is 1. The fourth-order valence-electron chi connectivity index (χ4n) is 6.91. The van der Waals surface area contributed by atoms with Crippen LogP contribution < -0.4 is 5.11 Å². The maximum atomic E-state index is 12.4. The second-order valence-corrected chi connectivity index (χ2v) is 13.6. The van der Waals surface area contributed by atoms with Crippen molar-refractivity contribution in [2.75, 3.05) is 0 Å². The van der Waals surface area contributed by atoms with Crippen molar-refractivity contribution in [1.82, 2.24) is 0 Å². The van der Waals surface area contributed by atoms with Crippen molar-refractivity contribution in [1.29, 1.82) is 0 Å². The Labute approximate surface area is 155 Å². The molecular weight excluding hydrogens is 327 g/mol. The van der Waals surface area contributed by atoms with Crippen molar-refractivity contribution < 1.29 is 9.90 Å². The quantitative estimate of drug-likeness (QED) is 0.580. The van der Waals surface area contributed by atoms with Crippen LogP contribution in [0.2, 0.25) is 0 Å². The van der Waals surface area contributed by atoms with Crippen LogP contribution in [0, 0.1) is 0 Å². The van der Waals surface area contributed by atoms with E-state index in [0.717, 1.165) is 23.4 Å². The van der Waals surface area contributed by atoms with Gasteiger partial charge in [0.2, 0.25) is 0 Å². The SMILES string of the molecule is CCC(C(=O)[O-])[P+](C1CCCCC1)(C1CCCCC1)C1CCCCC1. The van der Waals surface area contributed by atoms with E-state index in [0.29, 0.717) is 0 Å². The van der Waals surface area contributed by atoms with Crippen LogP contribution in [0.5, 0.6) is 0 Å². The lowest BCUT2D eigenvalue weighted by Gasteiger charge is -2.52. The Bertz CT molecular complexity index is 372. The predicted molar refractivity (Wildman–Crippen MR) is 107 cm³/mol. The van der Waals surface area contributed by atoms with Gasteiger partial charge < -0.3 is 9.90 Å². The highest BCUT2D eigenvalue weighted by molar-refractivity contribution is 7.79. The minimum absolute atomic E-state index is 0.109. The van der Waals surface area contributed by atoms with Gasteiger partial charge in [-0.05, 0) is 83.5 Å². The summed E-state index contributed by atoms with van der Waals surface area (Å²) in [5.41, 5.74) is 2.13. The lowest BCUT2D eigenvalue weighted by atomic mass is 9.98. The molecule has 0 radical (unpaired) electrons. The van der Waals surface area contributed by atoms with Crippen molar-refractivity contribution in [3.8, 4) is 0 Å². The van der Waals surface area contributed by atoms with Crippen molar-refractivity contribution in [2.24, 2.45) is 0 Å². The summed E-state index contributed by atoms with van der Waals surface area (Å²) < 4.78 is 0. The number of hydrogen-bond acceptors (Lipinski definition) is 2. The first kappa shape index (κ1) is 19.7. The van der Waals surface area contributed by atoms with Gasteiger partial charge in [0, 0.05) is 7.26 Å². The fraction of sp³-hybridized carbons (Fsp3) is 0.955. The van der Waals surface area contributed by atoms with Gasteiger partial charge in [-0.1, -0.05) is 26.2 Å². The van der Waals surface area contributed by atoms with Crippen molar-refractivity contribution in [3.63, 3.8) is 0 Å². The number of hydrogen-bond donors (Lipinski definition) is 0. The topological polar surface area (TPSA) is 40.1 Å². The first-order valence-electron chi connectivity index (χ1n) is 11.3. The van der Waals surface area contributed by atoms with Crippen LogP contribution in [0.1, 0.15) is 110 Å². The van der Waals surface area contributed by atoms with Gasteiger partial charge in [0.15, 0.2) is 0 Å². The summed E-state index contributed by atoms with van der Waals surface area (Å²) in [4.78, 5) is 12.4. The van der Waals surface area contributed by atoms with Crippen molar-refractivity contribution in [2.45, 2.75) is 132 Å². The third-order valence-corrected chi connectivity index (χ3v) is 14.8. The molecule has 0 saturated heterocycles. The zero-order chi connectivity index (χ0) is 17.7. The lowest BCUT2D eigenvalue weighted by Crippen LogP contribution is -2.48. The molecule has 25 heavy (non-hydrogen) atoms. The summed E-state index contributed by atoms with van der Waals surface area (Å²) in [6.45, 7) is 2.14. The Morgan fingerprint density at radius 1 is 0.760 bits per heavy atom. The van der Waals surface area contributed by atoms with Gasteiger partial charge in [-0.25, -0.2) is 0 Å². The van der Waals surface area contributed by atoms with E-state index in [1.165, 1.54) is 96.3 Å². The Morgan fingerprint density at radius 2 is 1.08 bits per heavy atom. The molecular formula is C22H39O2P. The molecule has 0 heterocycles. The molecule has 0 amide bonds. The first-order chi connectivity index (χ1) is 12.2. The summed E-state index contributed by atoms with van der Waals surface area (Å²) in [5, 5.41) is 12.4. The third kappa shape index (κ3) is 3.95. The monoisotopic (exact) mass is 366 g/mol. The second kappa shape index (κ2) is 9.20. The van der Waals surface area contributed by atoms with Crippen LogP contribution in [0.15, 0.2) is 0 Å². The average Bonchev–Trinajstić information content (AvgIpc) is 2.68. The maximum absolute atomic E-state index is 12.4. The van der Waals surface area contributed by atoms with Gasteiger partial charge in [-0.3, -0.25) is 0 Å². The molecule has 3 aliphatic carbocycles. The molecule has 0 aromatic carbocycles. The average molecular weight is 367 g/mol. The predicted octanol–water partition coefficient (Wildman–Crippen LogP) is 5.53. The Hall–Kier alpha value is -0.100. The molecule has 0 aliphatic heterocycles. The first-order valence-corrected chi connectivity index (χ1v) is 13.4. The molecule has 0 aromatic rings. The van der Waals surface area contributed by atoms with Crippen molar-refractivity contribution in [3.05, 3.63) is 0 Å². The van der Waals surface area contributed by atoms with E-state index in [1.807, 2.05) is 0 Å². The largest absolute Gasteiger partial charge is 0.546 e. The smallest absolute Gasteiger partial charge is 0.109 e. The number of carboxylic acid groups (broad SMARTS) is 1. The zero-order valence-corrected chi connectivity index (χ0v) is 17.3. The zero-order valence-electron chi connectivity index (χ0n) is 16.4. The lowest BCUT2D eigenvalue weighted by molar-refractivity contribution is -0.305. The van der Waals surface area contributed by atoms with E-state index in [1.54, 1.807) is 0 Å². The molecule has 0 N–H and O–H groups in total. The highest BCUT2D eigenvalue weighted by Gasteiger charge is 2.61. The Kier molecular flexibility index (Phi) is 7.24. The Balaban J connectivity index is 2.04. The fourth-order valence-corrected chi connectivity index (χ4v) is 15.0. The van der Waals surface area contributed by atoms with Gasteiger partial charge in [0.1, 0.15) is 5.66 Å². The van der Waals surface area contributed by atoms with Crippen molar-refractivity contribution >= 4 is 13.2 Å². The highest BCUT2D eigenvalue weighted by atomic mass is 31.2. The third-order valence-electron chi connectivity index (χ3n) is 7.82. The molecule has 1 atom stereocenters. The van der Waals surface area contributed by atoms with Crippen LogP contribution >= 0.6 is 7.26 Å². The minimum atomic E-state index is -1.55. The van der Waals surface area contributed by atoms with E-state index in [9.17, 15) is 9.90 Å². The maximum Gasteiger partial charge on any atom is 0.109 e. The number of carbonyl (C=O) groups is 1. The van der Waals surface area contributed by atoms with E-state index in [-0.39, 0.29) is 5.66 Å². The van der Waals surface area contributed by atoms with Gasteiger partial charge in [0.25, 0.3) is 0 Å². The van der Waals surface area contributed by atoms with E-state index in [4.69, 9.17) is 0 Å². The Morgan fingerprint density at radius 3 is 1.32 bits per heavy atom. The second-order valence-electron chi connectivity index (χ2n) is 9.01. The minimum Gasteiger partial charge on any atom is -0.546 e. The summed E-state index contributed by atoms with van der Waals surface area (Å²) in [6.07, 6.45) is 20.9. The van der Waals surface area contributed by atoms with Gasteiger partial charge in [0.05, 0.1) is 22.9 Å². The van der Waals surface area contributed by atoms with Gasteiger partial charge in [-0.15, -0.1) is 0 Å². The van der Waals surface area contributed by atoms with Crippen LogP contribution in [-0.2, 0) is 4.79 Å². The normalized spacial score (nSPS) is 26.4. The van der Waals surface area contributed by atoms with Crippen LogP contribution in [0.4, 0.5) is 0 Å². The molecule has 3 fully saturated rings.